The van der Waals surface area contributed by atoms with Crippen molar-refractivity contribution < 1.29 is 5.11 Å². The Labute approximate surface area is 102 Å². The van der Waals surface area contributed by atoms with Crippen LogP contribution < -0.4 is 10.5 Å². The number of rotatable bonds is 6. The van der Waals surface area contributed by atoms with Crippen molar-refractivity contribution in [2.45, 2.75) is 33.1 Å². The summed E-state index contributed by atoms with van der Waals surface area (Å²) < 4.78 is 0. The maximum atomic E-state index is 11.5. The zero-order chi connectivity index (χ0) is 12.8. The Kier molecular flexibility index (Phi) is 5.15. The molecular formula is C12H21N3O2. The van der Waals surface area contributed by atoms with Crippen LogP contribution in [0.15, 0.2) is 10.9 Å². The number of H-pyrrole nitrogens is 1. The minimum Gasteiger partial charge on any atom is -0.396 e. The van der Waals surface area contributed by atoms with Crippen LogP contribution in [0, 0.1) is 0 Å². The fourth-order valence-electron chi connectivity index (χ4n) is 1.59. The van der Waals surface area contributed by atoms with Crippen molar-refractivity contribution in [3.05, 3.63) is 22.2 Å². The molecule has 1 heterocycles. The third-order valence-electron chi connectivity index (χ3n) is 2.59. The molecule has 1 aromatic heterocycles. The van der Waals surface area contributed by atoms with E-state index in [1.54, 1.807) is 0 Å². The molecule has 0 aliphatic rings. The number of hydrogen-bond donors (Lipinski definition) is 2. The van der Waals surface area contributed by atoms with Gasteiger partial charge in [0.05, 0.1) is 0 Å². The van der Waals surface area contributed by atoms with Gasteiger partial charge in [0, 0.05) is 31.7 Å². The van der Waals surface area contributed by atoms with E-state index in [2.05, 4.69) is 9.97 Å². The minimum atomic E-state index is -0.124. The third-order valence-corrected chi connectivity index (χ3v) is 2.59. The fraction of sp³-hybridized carbons (Fsp3) is 0.667. The molecule has 0 aromatic carbocycles. The normalized spacial score (nSPS) is 10.9. The molecule has 0 saturated carbocycles. The van der Waals surface area contributed by atoms with Gasteiger partial charge in [-0.3, -0.25) is 4.79 Å². The molecule has 0 radical (unpaired) electrons. The van der Waals surface area contributed by atoms with Crippen LogP contribution in [0.4, 0.5) is 5.82 Å². The van der Waals surface area contributed by atoms with E-state index in [1.165, 1.54) is 6.07 Å². The molecule has 0 amide bonds. The molecule has 2 N–H and O–H groups in total. The van der Waals surface area contributed by atoms with Crippen LogP contribution in [0.2, 0.25) is 0 Å². The standard InChI is InChI=1S/C12H21N3O2/c1-4-15(6-5-7-16)10-8-11(17)14-12(13-10)9(2)3/h8-9,16H,4-7H2,1-3H3,(H,13,14,17). The highest BCUT2D eigenvalue weighted by Crippen LogP contribution is 2.13. The summed E-state index contributed by atoms with van der Waals surface area (Å²) in [4.78, 5) is 20.7. The first-order valence-corrected chi connectivity index (χ1v) is 6.05. The molecule has 96 valence electrons. The van der Waals surface area contributed by atoms with E-state index in [0.29, 0.717) is 24.6 Å². The molecule has 5 nitrogen and oxygen atoms in total. The first-order valence-electron chi connectivity index (χ1n) is 6.05. The SMILES string of the molecule is CCN(CCCO)c1cc(=O)[nH]c(C(C)C)n1. The predicted molar refractivity (Wildman–Crippen MR) is 68.5 cm³/mol. The monoisotopic (exact) mass is 239 g/mol. The van der Waals surface area contributed by atoms with Crippen molar-refractivity contribution in [1.82, 2.24) is 9.97 Å². The number of nitrogens with zero attached hydrogens (tertiary/aromatic N) is 2. The van der Waals surface area contributed by atoms with Crippen molar-refractivity contribution in [2.75, 3.05) is 24.6 Å². The van der Waals surface area contributed by atoms with Crippen LogP contribution in [0.25, 0.3) is 0 Å². The van der Waals surface area contributed by atoms with Gasteiger partial charge < -0.3 is 15.0 Å². The van der Waals surface area contributed by atoms with Gasteiger partial charge in [-0.05, 0) is 13.3 Å². The highest BCUT2D eigenvalue weighted by atomic mass is 16.3. The Morgan fingerprint density at radius 3 is 2.76 bits per heavy atom. The lowest BCUT2D eigenvalue weighted by Gasteiger charge is -2.22. The number of hydrogen-bond acceptors (Lipinski definition) is 4. The first-order chi connectivity index (χ1) is 8.08. The number of aromatic nitrogens is 2. The van der Waals surface area contributed by atoms with E-state index >= 15 is 0 Å². The molecular weight excluding hydrogens is 218 g/mol. The number of aliphatic hydroxyl groups excluding tert-OH is 1. The van der Waals surface area contributed by atoms with E-state index in [-0.39, 0.29) is 18.1 Å². The average Bonchev–Trinajstić information content (AvgIpc) is 2.29. The highest BCUT2D eigenvalue weighted by Gasteiger charge is 2.10. The third kappa shape index (κ3) is 3.85. The average molecular weight is 239 g/mol. The van der Waals surface area contributed by atoms with Crippen LogP contribution in [-0.2, 0) is 0 Å². The maximum Gasteiger partial charge on any atom is 0.252 e. The summed E-state index contributed by atoms with van der Waals surface area (Å²) in [6, 6.07) is 1.51. The van der Waals surface area contributed by atoms with E-state index in [1.807, 2.05) is 25.7 Å². The van der Waals surface area contributed by atoms with Gasteiger partial charge in [0.2, 0.25) is 0 Å². The summed E-state index contributed by atoms with van der Waals surface area (Å²) in [6.07, 6.45) is 0.680. The van der Waals surface area contributed by atoms with E-state index in [4.69, 9.17) is 5.11 Å². The number of aliphatic hydroxyl groups is 1. The van der Waals surface area contributed by atoms with Gasteiger partial charge in [-0.25, -0.2) is 4.98 Å². The Morgan fingerprint density at radius 1 is 1.53 bits per heavy atom. The minimum absolute atomic E-state index is 0.124. The fourth-order valence-corrected chi connectivity index (χ4v) is 1.59. The smallest absolute Gasteiger partial charge is 0.252 e. The molecule has 0 saturated heterocycles. The van der Waals surface area contributed by atoms with Crippen molar-refractivity contribution in [2.24, 2.45) is 0 Å². The Morgan fingerprint density at radius 2 is 2.24 bits per heavy atom. The Balaban J connectivity index is 2.98. The molecule has 0 spiro atoms. The lowest BCUT2D eigenvalue weighted by Crippen LogP contribution is -2.28. The molecule has 1 aromatic rings. The largest absolute Gasteiger partial charge is 0.396 e. The van der Waals surface area contributed by atoms with Gasteiger partial charge in [0.1, 0.15) is 11.6 Å². The van der Waals surface area contributed by atoms with E-state index < -0.39 is 0 Å². The molecule has 0 bridgehead atoms. The second-order valence-corrected chi connectivity index (χ2v) is 4.30. The summed E-state index contributed by atoms with van der Waals surface area (Å²) >= 11 is 0. The zero-order valence-electron chi connectivity index (χ0n) is 10.7. The number of aromatic amines is 1. The summed E-state index contributed by atoms with van der Waals surface area (Å²) in [5.41, 5.74) is -0.124. The molecule has 0 aliphatic heterocycles. The quantitative estimate of drug-likeness (QED) is 0.780. The van der Waals surface area contributed by atoms with Gasteiger partial charge >= 0.3 is 0 Å². The van der Waals surface area contributed by atoms with Crippen molar-refractivity contribution in [3.63, 3.8) is 0 Å². The molecule has 0 aliphatic carbocycles. The van der Waals surface area contributed by atoms with Crippen LogP contribution >= 0.6 is 0 Å². The summed E-state index contributed by atoms with van der Waals surface area (Å²) in [7, 11) is 0. The van der Waals surface area contributed by atoms with Crippen LogP contribution in [0.1, 0.15) is 38.9 Å². The topological polar surface area (TPSA) is 69.2 Å². The Bertz CT molecular complexity index is 401. The van der Waals surface area contributed by atoms with Gasteiger partial charge in [-0.1, -0.05) is 13.8 Å². The van der Waals surface area contributed by atoms with Crippen LogP contribution in [-0.4, -0.2) is 34.8 Å². The molecule has 5 heteroatoms. The molecule has 17 heavy (non-hydrogen) atoms. The lowest BCUT2D eigenvalue weighted by atomic mass is 10.2. The summed E-state index contributed by atoms with van der Waals surface area (Å²) in [6.45, 7) is 7.62. The zero-order valence-corrected chi connectivity index (χ0v) is 10.7. The summed E-state index contributed by atoms with van der Waals surface area (Å²) in [5.74, 6) is 1.59. The first kappa shape index (κ1) is 13.7. The van der Waals surface area contributed by atoms with E-state index in [0.717, 1.165) is 6.54 Å². The molecule has 1 rings (SSSR count). The lowest BCUT2D eigenvalue weighted by molar-refractivity contribution is 0.289. The van der Waals surface area contributed by atoms with Gasteiger partial charge in [-0.2, -0.15) is 0 Å². The van der Waals surface area contributed by atoms with Crippen molar-refractivity contribution >= 4 is 5.82 Å². The van der Waals surface area contributed by atoms with E-state index in [9.17, 15) is 4.79 Å². The highest BCUT2D eigenvalue weighted by molar-refractivity contribution is 5.37. The molecule has 0 atom stereocenters. The van der Waals surface area contributed by atoms with Gasteiger partial charge in [0.25, 0.3) is 5.56 Å². The second kappa shape index (κ2) is 6.39. The number of anilines is 1. The number of nitrogens with one attached hydrogen (secondary N) is 1. The summed E-state index contributed by atoms with van der Waals surface area (Å²) in [5, 5.41) is 8.84. The van der Waals surface area contributed by atoms with Gasteiger partial charge in [0.15, 0.2) is 0 Å². The van der Waals surface area contributed by atoms with Crippen LogP contribution in [0.3, 0.4) is 0 Å². The Hall–Kier alpha value is -1.36. The van der Waals surface area contributed by atoms with Crippen molar-refractivity contribution in [3.8, 4) is 0 Å². The van der Waals surface area contributed by atoms with Crippen molar-refractivity contribution in [1.29, 1.82) is 0 Å². The predicted octanol–water partition coefficient (Wildman–Crippen LogP) is 1.10. The molecule has 0 fully saturated rings. The maximum absolute atomic E-state index is 11.5. The van der Waals surface area contributed by atoms with Crippen LogP contribution in [0.5, 0.6) is 0 Å². The molecule has 0 unspecified atom stereocenters. The van der Waals surface area contributed by atoms with Gasteiger partial charge in [-0.15, -0.1) is 0 Å². The second-order valence-electron chi connectivity index (χ2n) is 4.30.